The Morgan fingerprint density at radius 1 is 1.22 bits per heavy atom. The van der Waals surface area contributed by atoms with Gasteiger partial charge in [-0.15, -0.1) is 0 Å². The Balaban J connectivity index is 2.16. The maximum absolute atomic E-state index is 8.94. The SMILES string of the molecule is Cc1cc(C#N)cc(C)c1OC1CCCC(C)C1. The Hall–Kier alpha value is -1.49. The van der Waals surface area contributed by atoms with Gasteiger partial charge in [-0.2, -0.15) is 5.26 Å². The highest BCUT2D eigenvalue weighted by Gasteiger charge is 2.21. The van der Waals surface area contributed by atoms with Gasteiger partial charge in [-0.1, -0.05) is 13.3 Å². The minimum absolute atomic E-state index is 0.346. The first kappa shape index (κ1) is 13.0. The van der Waals surface area contributed by atoms with Gasteiger partial charge in [0, 0.05) is 0 Å². The molecule has 0 N–H and O–H groups in total. The molecular formula is C16H21NO. The first-order valence-corrected chi connectivity index (χ1v) is 6.78. The largest absolute Gasteiger partial charge is 0.490 e. The van der Waals surface area contributed by atoms with Crippen molar-refractivity contribution in [3.05, 3.63) is 28.8 Å². The van der Waals surface area contributed by atoms with Crippen molar-refractivity contribution in [3.63, 3.8) is 0 Å². The molecule has 0 amide bonds. The fraction of sp³-hybridized carbons (Fsp3) is 0.562. The van der Waals surface area contributed by atoms with Gasteiger partial charge in [0.25, 0.3) is 0 Å². The number of hydrogen-bond acceptors (Lipinski definition) is 2. The van der Waals surface area contributed by atoms with Gasteiger partial charge >= 0.3 is 0 Å². The predicted octanol–water partition coefficient (Wildman–Crippen LogP) is 4.13. The van der Waals surface area contributed by atoms with Crippen LogP contribution in [-0.2, 0) is 0 Å². The number of nitrogens with zero attached hydrogens (tertiary/aromatic N) is 1. The maximum Gasteiger partial charge on any atom is 0.125 e. The summed E-state index contributed by atoms with van der Waals surface area (Å²) in [5, 5.41) is 8.94. The van der Waals surface area contributed by atoms with Crippen molar-refractivity contribution in [2.24, 2.45) is 5.92 Å². The summed E-state index contributed by atoms with van der Waals surface area (Å²) < 4.78 is 6.18. The van der Waals surface area contributed by atoms with Crippen LogP contribution in [0.1, 0.15) is 49.3 Å². The van der Waals surface area contributed by atoms with Gasteiger partial charge in [0.1, 0.15) is 5.75 Å². The van der Waals surface area contributed by atoms with Gasteiger partial charge in [-0.05, 0) is 62.3 Å². The molecule has 2 nitrogen and oxygen atoms in total. The van der Waals surface area contributed by atoms with Crippen LogP contribution in [0.25, 0.3) is 0 Å². The van der Waals surface area contributed by atoms with E-state index in [1.165, 1.54) is 12.8 Å². The van der Waals surface area contributed by atoms with Crippen LogP contribution in [0.4, 0.5) is 0 Å². The molecule has 1 aliphatic rings. The molecule has 2 unspecified atom stereocenters. The first-order valence-electron chi connectivity index (χ1n) is 6.78. The van der Waals surface area contributed by atoms with Crippen molar-refractivity contribution in [2.75, 3.05) is 0 Å². The van der Waals surface area contributed by atoms with E-state index in [-0.39, 0.29) is 0 Å². The molecule has 0 heterocycles. The lowest BCUT2D eigenvalue weighted by molar-refractivity contribution is 0.127. The molecule has 0 spiro atoms. The van der Waals surface area contributed by atoms with E-state index in [0.717, 1.165) is 41.2 Å². The second kappa shape index (κ2) is 5.44. The maximum atomic E-state index is 8.94. The molecule has 0 aliphatic heterocycles. The van der Waals surface area contributed by atoms with Crippen LogP contribution in [0, 0.1) is 31.1 Å². The normalized spacial score (nSPS) is 23.4. The van der Waals surface area contributed by atoms with Crippen molar-refractivity contribution >= 4 is 0 Å². The molecule has 0 aromatic heterocycles. The summed E-state index contributed by atoms with van der Waals surface area (Å²) in [4.78, 5) is 0. The van der Waals surface area contributed by atoms with Crippen molar-refractivity contribution in [3.8, 4) is 11.8 Å². The van der Waals surface area contributed by atoms with E-state index in [1.807, 2.05) is 26.0 Å². The van der Waals surface area contributed by atoms with Crippen LogP contribution in [-0.4, -0.2) is 6.10 Å². The van der Waals surface area contributed by atoms with E-state index in [1.54, 1.807) is 0 Å². The minimum atomic E-state index is 0.346. The van der Waals surface area contributed by atoms with E-state index < -0.39 is 0 Å². The van der Waals surface area contributed by atoms with Crippen molar-refractivity contribution in [1.82, 2.24) is 0 Å². The van der Waals surface area contributed by atoms with Gasteiger partial charge < -0.3 is 4.74 Å². The quantitative estimate of drug-likeness (QED) is 0.782. The molecule has 0 saturated heterocycles. The lowest BCUT2D eigenvalue weighted by Crippen LogP contribution is -2.24. The predicted molar refractivity (Wildman–Crippen MR) is 72.7 cm³/mol. The molecule has 1 saturated carbocycles. The average Bonchev–Trinajstić information content (AvgIpc) is 2.33. The molecule has 1 aromatic carbocycles. The molecular weight excluding hydrogens is 222 g/mol. The molecule has 2 atom stereocenters. The van der Waals surface area contributed by atoms with Crippen molar-refractivity contribution in [1.29, 1.82) is 5.26 Å². The number of nitriles is 1. The van der Waals surface area contributed by atoms with Gasteiger partial charge in [-0.25, -0.2) is 0 Å². The Morgan fingerprint density at radius 2 is 1.89 bits per heavy atom. The number of benzene rings is 1. The van der Waals surface area contributed by atoms with Gasteiger partial charge in [-0.3, -0.25) is 0 Å². The highest BCUT2D eigenvalue weighted by Crippen LogP contribution is 2.31. The van der Waals surface area contributed by atoms with Crippen LogP contribution >= 0.6 is 0 Å². The number of rotatable bonds is 2. The van der Waals surface area contributed by atoms with Crippen LogP contribution in [0.2, 0.25) is 0 Å². The third-order valence-electron chi connectivity index (χ3n) is 3.76. The lowest BCUT2D eigenvalue weighted by Gasteiger charge is -2.28. The average molecular weight is 243 g/mol. The second-order valence-corrected chi connectivity index (χ2v) is 5.56. The number of hydrogen-bond donors (Lipinski definition) is 0. The lowest BCUT2D eigenvalue weighted by atomic mass is 9.88. The van der Waals surface area contributed by atoms with E-state index in [2.05, 4.69) is 13.0 Å². The fourth-order valence-corrected chi connectivity index (χ4v) is 2.85. The van der Waals surface area contributed by atoms with Crippen LogP contribution in [0.3, 0.4) is 0 Å². The molecule has 96 valence electrons. The van der Waals surface area contributed by atoms with E-state index in [4.69, 9.17) is 10.00 Å². The van der Waals surface area contributed by atoms with Crippen molar-refractivity contribution in [2.45, 2.75) is 52.6 Å². The zero-order valence-electron chi connectivity index (χ0n) is 11.5. The summed E-state index contributed by atoms with van der Waals surface area (Å²) in [6, 6.07) is 6.01. The number of ether oxygens (including phenoxy) is 1. The topological polar surface area (TPSA) is 33.0 Å². The summed E-state index contributed by atoms with van der Waals surface area (Å²) in [6.45, 7) is 6.35. The molecule has 18 heavy (non-hydrogen) atoms. The van der Waals surface area contributed by atoms with Crippen LogP contribution in [0.15, 0.2) is 12.1 Å². The second-order valence-electron chi connectivity index (χ2n) is 5.56. The third-order valence-corrected chi connectivity index (χ3v) is 3.76. The Kier molecular flexibility index (Phi) is 3.91. The molecule has 0 radical (unpaired) electrons. The van der Waals surface area contributed by atoms with Gasteiger partial charge in [0.2, 0.25) is 0 Å². The molecule has 2 rings (SSSR count). The Bertz CT molecular complexity index is 449. The van der Waals surface area contributed by atoms with E-state index in [9.17, 15) is 0 Å². The first-order chi connectivity index (χ1) is 8.60. The van der Waals surface area contributed by atoms with Crippen LogP contribution < -0.4 is 4.74 Å². The summed E-state index contributed by atoms with van der Waals surface area (Å²) in [6.07, 6.45) is 5.24. The standard InChI is InChI=1S/C16H21NO/c1-11-5-4-6-15(7-11)18-16-12(2)8-14(10-17)9-13(16)3/h8-9,11,15H,4-7H2,1-3H3. The molecule has 1 fully saturated rings. The zero-order chi connectivity index (χ0) is 13.1. The van der Waals surface area contributed by atoms with E-state index >= 15 is 0 Å². The highest BCUT2D eigenvalue weighted by molar-refractivity contribution is 5.47. The van der Waals surface area contributed by atoms with E-state index in [0.29, 0.717) is 6.10 Å². The molecule has 1 aliphatic carbocycles. The highest BCUT2D eigenvalue weighted by atomic mass is 16.5. The summed E-state index contributed by atoms with van der Waals surface area (Å²) in [5.41, 5.74) is 2.86. The summed E-state index contributed by atoms with van der Waals surface area (Å²) in [5.74, 6) is 1.75. The van der Waals surface area contributed by atoms with Gasteiger partial charge in [0.05, 0.1) is 17.7 Å². The summed E-state index contributed by atoms with van der Waals surface area (Å²) >= 11 is 0. The van der Waals surface area contributed by atoms with Crippen molar-refractivity contribution < 1.29 is 4.74 Å². The van der Waals surface area contributed by atoms with Crippen LogP contribution in [0.5, 0.6) is 5.75 Å². The minimum Gasteiger partial charge on any atom is -0.490 e. The monoisotopic (exact) mass is 243 g/mol. The third kappa shape index (κ3) is 2.85. The van der Waals surface area contributed by atoms with Gasteiger partial charge in [0.15, 0.2) is 0 Å². The Morgan fingerprint density at radius 3 is 2.44 bits per heavy atom. The Labute approximate surface area is 110 Å². The fourth-order valence-electron chi connectivity index (χ4n) is 2.85. The zero-order valence-corrected chi connectivity index (χ0v) is 11.5. The molecule has 0 bridgehead atoms. The molecule has 1 aromatic rings. The summed E-state index contributed by atoms with van der Waals surface area (Å²) in [7, 11) is 0. The smallest absolute Gasteiger partial charge is 0.125 e. The molecule has 2 heteroatoms. The number of aryl methyl sites for hydroxylation is 2.